The number of carbonyl (C=O) groups is 1. The summed E-state index contributed by atoms with van der Waals surface area (Å²) in [6.45, 7) is 4.84. The van der Waals surface area contributed by atoms with E-state index in [1.165, 1.54) is 35.7 Å². The number of carbonyl (C=O) groups excluding carboxylic acids is 1. The van der Waals surface area contributed by atoms with Gasteiger partial charge in [-0.1, -0.05) is 43.7 Å². The minimum atomic E-state index is -0.228. The smallest absolute Gasteiger partial charge is 0.339 e. The molecule has 0 aliphatic heterocycles. The number of thiophene rings is 1. The van der Waals surface area contributed by atoms with Crippen LogP contribution < -0.4 is 0 Å². The van der Waals surface area contributed by atoms with Crippen molar-refractivity contribution in [2.75, 3.05) is 6.61 Å². The van der Waals surface area contributed by atoms with Crippen LogP contribution >= 0.6 is 22.9 Å². The van der Waals surface area contributed by atoms with Gasteiger partial charge in [0, 0.05) is 10.8 Å². The van der Waals surface area contributed by atoms with Gasteiger partial charge in [0.15, 0.2) is 0 Å². The average molecular weight is 348 g/mol. The van der Waals surface area contributed by atoms with E-state index in [0.717, 1.165) is 33.1 Å². The van der Waals surface area contributed by atoms with E-state index >= 15 is 0 Å². The highest BCUT2D eigenvalue weighted by Crippen LogP contribution is 2.33. The largest absolute Gasteiger partial charge is 0.462 e. The van der Waals surface area contributed by atoms with Crippen LogP contribution in [0.2, 0.25) is 0 Å². The SMILES string of the molecule is CCCCC(CC)COC(=O)c1csc2c1ccc1snnc12. The van der Waals surface area contributed by atoms with Crippen molar-refractivity contribution in [3.05, 3.63) is 23.1 Å². The second-order valence-electron chi connectivity index (χ2n) is 5.73. The fourth-order valence-corrected chi connectivity index (χ4v) is 4.33. The fourth-order valence-electron chi connectivity index (χ4n) is 2.67. The molecule has 4 nitrogen and oxygen atoms in total. The normalized spacial score (nSPS) is 12.8. The maximum atomic E-state index is 12.4. The first kappa shape index (κ1) is 16.3. The van der Waals surface area contributed by atoms with Gasteiger partial charge in [-0.2, -0.15) is 0 Å². The highest BCUT2D eigenvalue weighted by Gasteiger charge is 2.18. The molecule has 0 spiro atoms. The van der Waals surface area contributed by atoms with Crippen molar-refractivity contribution in [3.8, 4) is 0 Å². The molecule has 2 aromatic heterocycles. The van der Waals surface area contributed by atoms with Crippen LogP contribution in [0, 0.1) is 5.92 Å². The number of nitrogens with zero attached hydrogens (tertiary/aromatic N) is 2. The number of unbranched alkanes of at least 4 members (excludes halogenated alkanes) is 1. The molecule has 0 aliphatic carbocycles. The molecule has 3 rings (SSSR count). The molecule has 6 heteroatoms. The molecular formula is C17H20N2O2S2. The first-order chi connectivity index (χ1) is 11.2. The van der Waals surface area contributed by atoms with Gasteiger partial charge in [-0.3, -0.25) is 0 Å². The molecule has 122 valence electrons. The van der Waals surface area contributed by atoms with Gasteiger partial charge in [0.2, 0.25) is 0 Å². The lowest BCUT2D eigenvalue weighted by Gasteiger charge is -2.14. The van der Waals surface area contributed by atoms with E-state index in [0.29, 0.717) is 18.1 Å². The van der Waals surface area contributed by atoms with Crippen molar-refractivity contribution < 1.29 is 9.53 Å². The molecule has 0 amide bonds. The van der Waals surface area contributed by atoms with Crippen LogP contribution in [-0.4, -0.2) is 22.2 Å². The molecule has 1 unspecified atom stereocenters. The number of aromatic nitrogens is 2. The quantitative estimate of drug-likeness (QED) is 0.545. The third kappa shape index (κ3) is 3.38. The lowest BCUT2D eigenvalue weighted by molar-refractivity contribution is 0.0431. The van der Waals surface area contributed by atoms with Crippen molar-refractivity contribution in [1.82, 2.24) is 9.59 Å². The minimum absolute atomic E-state index is 0.228. The summed E-state index contributed by atoms with van der Waals surface area (Å²) in [5.41, 5.74) is 1.52. The summed E-state index contributed by atoms with van der Waals surface area (Å²) in [4.78, 5) is 12.4. The summed E-state index contributed by atoms with van der Waals surface area (Å²) < 4.78 is 11.6. The van der Waals surface area contributed by atoms with Crippen LogP contribution in [0.4, 0.5) is 0 Å². The van der Waals surface area contributed by atoms with Crippen molar-refractivity contribution in [2.24, 2.45) is 5.92 Å². The minimum Gasteiger partial charge on any atom is -0.462 e. The van der Waals surface area contributed by atoms with E-state index in [9.17, 15) is 4.79 Å². The van der Waals surface area contributed by atoms with Crippen molar-refractivity contribution in [1.29, 1.82) is 0 Å². The van der Waals surface area contributed by atoms with Gasteiger partial charge in [-0.15, -0.1) is 16.4 Å². The van der Waals surface area contributed by atoms with Crippen LogP contribution in [0.3, 0.4) is 0 Å². The van der Waals surface area contributed by atoms with Crippen molar-refractivity contribution in [3.63, 3.8) is 0 Å². The topological polar surface area (TPSA) is 52.1 Å². The molecule has 2 heterocycles. The van der Waals surface area contributed by atoms with Crippen molar-refractivity contribution >= 4 is 49.1 Å². The summed E-state index contributed by atoms with van der Waals surface area (Å²) in [6, 6.07) is 3.95. The van der Waals surface area contributed by atoms with Gasteiger partial charge < -0.3 is 4.74 Å². The third-order valence-corrected chi connectivity index (χ3v) is 5.86. The molecule has 0 N–H and O–H groups in total. The molecule has 0 fully saturated rings. The van der Waals surface area contributed by atoms with Crippen molar-refractivity contribution in [2.45, 2.75) is 39.5 Å². The molecule has 3 aromatic rings. The van der Waals surface area contributed by atoms with Crippen LogP contribution in [0.1, 0.15) is 49.9 Å². The maximum absolute atomic E-state index is 12.4. The van der Waals surface area contributed by atoms with E-state index in [-0.39, 0.29) is 5.97 Å². The Kier molecular flexibility index (Phi) is 5.23. The maximum Gasteiger partial charge on any atom is 0.339 e. The number of esters is 1. The van der Waals surface area contributed by atoms with Gasteiger partial charge in [0.25, 0.3) is 0 Å². The van der Waals surface area contributed by atoms with E-state index < -0.39 is 0 Å². The molecule has 0 bridgehead atoms. The van der Waals surface area contributed by atoms with E-state index in [1.807, 2.05) is 17.5 Å². The number of hydrogen-bond donors (Lipinski definition) is 0. The van der Waals surface area contributed by atoms with Crippen LogP contribution in [0.5, 0.6) is 0 Å². The summed E-state index contributed by atoms with van der Waals surface area (Å²) in [5.74, 6) is 0.229. The Hall–Kier alpha value is -1.53. The fraction of sp³-hybridized carbons (Fsp3) is 0.471. The standard InChI is InChI=1S/C17H20N2O2S2/c1-3-5-6-11(4-2)9-21-17(20)13-10-22-16-12(13)7-8-14-15(16)18-19-23-14/h7-8,10-11H,3-6,9H2,1-2H3. The van der Waals surface area contributed by atoms with Crippen LogP contribution in [0.25, 0.3) is 20.3 Å². The predicted octanol–water partition coefficient (Wildman–Crippen LogP) is 5.28. The van der Waals surface area contributed by atoms with Crippen LogP contribution in [0.15, 0.2) is 17.5 Å². The zero-order valence-corrected chi connectivity index (χ0v) is 15.0. The number of benzene rings is 1. The van der Waals surface area contributed by atoms with E-state index in [2.05, 4.69) is 23.4 Å². The highest BCUT2D eigenvalue weighted by atomic mass is 32.1. The highest BCUT2D eigenvalue weighted by molar-refractivity contribution is 7.20. The third-order valence-electron chi connectivity index (χ3n) is 4.17. The van der Waals surface area contributed by atoms with Gasteiger partial charge in [0.05, 0.1) is 21.6 Å². The molecule has 1 aromatic carbocycles. The van der Waals surface area contributed by atoms with E-state index in [1.54, 1.807) is 0 Å². The summed E-state index contributed by atoms with van der Waals surface area (Å²) >= 11 is 2.91. The number of hydrogen-bond acceptors (Lipinski definition) is 6. The molecular weight excluding hydrogens is 328 g/mol. The molecule has 1 atom stereocenters. The number of ether oxygens (including phenoxy) is 1. The molecule has 0 saturated heterocycles. The Morgan fingerprint density at radius 2 is 2.22 bits per heavy atom. The first-order valence-electron chi connectivity index (χ1n) is 8.04. The van der Waals surface area contributed by atoms with Gasteiger partial charge in [-0.25, -0.2) is 4.79 Å². The Labute approximate surface area is 143 Å². The Bertz CT molecular complexity index is 809. The lowest BCUT2D eigenvalue weighted by Crippen LogP contribution is -2.13. The predicted molar refractivity (Wildman–Crippen MR) is 96.4 cm³/mol. The first-order valence-corrected chi connectivity index (χ1v) is 9.69. The van der Waals surface area contributed by atoms with Gasteiger partial charge >= 0.3 is 5.97 Å². The molecule has 0 radical (unpaired) electrons. The summed E-state index contributed by atoms with van der Waals surface area (Å²) in [6.07, 6.45) is 4.53. The number of fused-ring (bicyclic) bond motifs is 3. The number of rotatable bonds is 7. The molecule has 0 aliphatic rings. The van der Waals surface area contributed by atoms with E-state index in [4.69, 9.17) is 4.74 Å². The Morgan fingerprint density at radius 3 is 3.00 bits per heavy atom. The lowest BCUT2D eigenvalue weighted by atomic mass is 10.0. The zero-order valence-electron chi connectivity index (χ0n) is 13.4. The second-order valence-corrected chi connectivity index (χ2v) is 7.39. The summed E-state index contributed by atoms with van der Waals surface area (Å²) in [5, 5.41) is 6.96. The second kappa shape index (κ2) is 7.36. The average Bonchev–Trinajstić information content (AvgIpc) is 3.20. The van der Waals surface area contributed by atoms with Gasteiger partial charge in [0.1, 0.15) is 5.52 Å². The zero-order chi connectivity index (χ0) is 16.2. The van der Waals surface area contributed by atoms with Gasteiger partial charge in [-0.05, 0) is 29.9 Å². The molecule has 0 saturated carbocycles. The van der Waals surface area contributed by atoms with Crippen LogP contribution in [-0.2, 0) is 4.74 Å². The molecule has 23 heavy (non-hydrogen) atoms. The Balaban J connectivity index is 1.76. The summed E-state index contributed by atoms with van der Waals surface area (Å²) in [7, 11) is 0. The Morgan fingerprint density at radius 1 is 1.35 bits per heavy atom. The monoisotopic (exact) mass is 348 g/mol.